The molecule has 11 heteroatoms. The maximum absolute atomic E-state index is 13.4. The first-order valence-corrected chi connectivity index (χ1v) is 10.8. The number of nitrogens with one attached hydrogen (secondary N) is 2. The van der Waals surface area contributed by atoms with Crippen molar-refractivity contribution in [3.8, 4) is 11.3 Å². The maximum atomic E-state index is 13.4. The average molecular weight is 483 g/mol. The predicted molar refractivity (Wildman–Crippen MR) is 123 cm³/mol. The summed E-state index contributed by atoms with van der Waals surface area (Å²) in [5.41, 5.74) is 7.88. The number of carbonyl (C=O) groups excluding carboxylic acids is 2. The van der Waals surface area contributed by atoms with Crippen LogP contribution in [0.3, 0.4) is 0 Å². The fourth-order valence-corrected chi connectivity index (χ4v) is 3.58. The summed E-state index contributed by atoms with van der Waals surface area (Å²) >= 11 is 0. The van der Waals surface area contributed by atoms with E-state index in [1.54, 1.807) is 18.2 Å². The third-order valence-corrected chi connectivity index (χ3v) is 5.47. The van der Waals surface area contributed by atoms with E-state index in [1.165, 1.54) is 6.20 Å². The van der Waals surface area contributed by atoms with Gasteiger partial charge in [0.05, 0.1) is 31.1 Å². The lowest BCUT2D eigenvalue weighted by Crippen LogP contribution is -2.48. The number of amides is 2. The van der Waals surface area contributed by atoms with Gasteiger partial charge in [-0.15, -0.1) is 0 Å². The molecule has 0 spiro atoms. The Bertz CT molecular complexity index is 1260. The first kappa shape index (κ1) is 24.2. The predicted octanol–water partition coefficient (Wildman–Crippen LogP) is 2.37. The third-order valence-electron chi connectivity index (χ3n) is 5.47. The Morgan fingerprint density at radius 2 is 1.91 bits per heavy atom. The van der Waals surface area contributed by atoms with Crippen molar-refractivity contribution in [1.29, 1.82) is 0 Å². The number of hydrogen-bond acceptors (Lipinski definition) is 7. The number of hydrogen-bond donors (Lipinski definition) is 4. The quantitative estimate of drug-likeness (QED) is 0.405. The van der Waals surface area contributed by atoms with Crippen LogP contribution in [0, 0.1) is 11.6 Å². The molecule has 182 valence electrons. The number of aromatic nitrogens is 2. The molecule has 35 heavy (non-hydrogen) atoms. The minimum Gasteiger partial charge on any atom is -0.382 e. The summed E-state index contributed by atoms with van der Waals surface area (Å²) in [5, 5.41) is 15.5. The zero-order valence-electron chi connectivity index (χ0n) is 18.7. The van der Waals surface area contributed by atoms with Crippen molar-refractivity contribution >= 4 is 23.3 Å². The van der Waals surface area contributed by atoms with Crippen molar-refractivity contribution in [1.82, 2.24) is 15.3 Å². The van der Waals surface area contributed by atoms with Gasteiger partial charge in [-0.2, -0.15) is 0 Å². The molecule has 0 unspecified atom stereocenters. The Kier molecular flexibility index (Phi) is 6.99. The SMILES string of the molecule is CCc1cc(NC(=O)[C@@H](O)c2cc(F)cc(F)c2)ccc1-c1cnc(N)c(C(=O)NC2COC2)n1. The molecule has 1 aliphatic heterocycles. The van der Waals surface area contributed by atoms with Gasteiger partial charge in [0.1, 0.15) is 11.6 Å². The molecule has 1 aliphatic rings. The van der Waals surface area contributed by atoms with E-state index in [1.807, 2.05) is 6.92 Å². The summed E-state index contributed by atoms with van der Waals surface area (Å²) in [6, 6.07) is 7.27. The highest BCUT2D eigenvalue weighted by atomic mass is 19.1. The second kappa shape index (κ2) is 10.1. The number of rotatable bonds is 7. The molecule has 0 aliphatic carbocycles. The summed E-state index contributed by atoms with van der Waals surface area (Å²) < 4.78 is 31.9. The first-order valence-electron chi connectivity index (χ1n) is 10.8. The van der Waals surface area contributed by atoms with Crippen molar-refractivity contribution in [2.24, 2.45) is 0 Å². The monoisotopic (exact) mass is 483 g/mol. The Morgan fingerprint density at radius 1 is 1.20 bits per heavy atom. The Morgan fingerprint density at radius 3 is 2.54 bits per heavy atom. The second-order valence-corrected chi connectivity index (χ2v) is 8.02. The Labute approximate surface area is 199 Å². The number of nitrogens with zero attached hydrogens (tertiary/aromatic N) is 2. The topological polar surface area (TPSA) is 139 Å². The van der Waals surface area contributed by atoms with Crippen LogP contribution in [0.2, 0.25) is 0 Å². The largest absolute Gasteiger partial charge is 0.382 e. The number of nitrogens with two attached hydrogens (primary N) is 1. The van der Waals surface area contributed by atoms with Gasteiger partial charge in [0, 0.05) is 17.3 Å². The van der Waals surface area contributed by atoms with E-state index >= 15 is 0 Å². The molecule has 2 aromatic carbocycles. The van der Waals surface area contributed by atoms with Gasteiger partial charge >= 0.3 is 0 Å². The van der Waals surface area contributed by atoms with E-state index in [0.717, 1.165) is 17.7 Å². The van der Waals surface area contributed by atoms with Gasteiger partial charge < -0.3 is 26.2 Å². The van der Waals surface area contributed by atoms with Gasteiger partial charge in [0.2, 0.25) is 0 Å². The smallest absolute Gasteiger partial charge is 0.274 e. The number of anilines is 2. The molecule has 1 aromatic heterocycles. The number of halogens is 2. The molecule has 4 rings (SSSR count). The summed E-state index contributed by atoms with van der Waals surface area (Å²) in [4.78, 5) is 33.5. The number of aliphatic hydroxyl groups is 1. The van der Waals surface area contributed by atoms with E-state index in [-0.39, 0.29) is 23.1 Å². The molecule has 0 saturated carbocycles. The average Bonchev–Trinajstić information content (AvgIpc) is 2.80. The van der Waals surface area contributed by atoms with Crippen LogP contribution in [0.5, 0.6) is 0 Å². The molecule has 2 amide bonds. The van der Waals surface area contributed by atoms with Gasteiger partial charge in [0.15, 0.2) is 17.6 Å². The van der Waals surface area contributed by atoms with Crippen LogP contribution in [0.4, 0.5) is 20.3 Å². The molecule has 2 heterocycles. The minimum atomic E-state index is -1.77. The van der Waals surface area contributed by atoms with Crippen LogP contribution < -0.4 is 16.4 Å². The van der Waals surface area contributed by atoms with E-state index in [2.05, 4.69) is 20.6 Å². The molecular weight excluding hydrogens is 460 g/mol. The van der Waals surface area contributed by atoms with E-state index in [4.69, 9.17) is 10.5 Å². The van der Waals surface area contributed by atoms with Crippen LogP contribution in [0.15, 0.2) is 42.6 Å². The Balaban J connectivity index is 1.55. The number of carbonyl (C=O) groups is 2. The maximum Gasteiger partial charge on any atom is 0.274 e. The van der Waals surface area contributed by atoms with Crippen molar-refractivity contribution in [2.75, 3.05) is 24.3 Å². The molecule has 3 aromatic rings. The lowest BCUT2D eigenvalue weighted by Gasteiger charge is -2.26. The molecule has 5 N–H and O–H groups in total. The fourth-order valence-electron chi connectivity index (χ4n) is 3.58. The number of aliphatic hydroxyl groups excluding tert-OH is 1. The van der Waals surface area contributed by atoms with Crippen molar-refractivity contribution in [2.45, 2.75) is 25.5 Å². The molecule has 1 fully saturated rings. The molecule has 1 saturated heterocycles. The van der Waals surface area contributed by atoms with Gasteiger partial charge in [-0.05, 0) is 41.8 Å². The van der Waals surface area contributed by atoms with E-state index < -0.39 is 29.6 Å². The first-order chi connectivity index (χ1) is 16.7. The molecule has 0 radical (unpaired) electrons. The minimum absolute atomic E-state index is 0.000666. The summed E-state index contributed by atoms with van der Waals surface area (Å²) in [5.74, 6) is -3.10. The number of ether oxygens (including phenoxy) is 1. The fraction of sp³-hybridized carbons (Fsp3) is 0.250. The van der Waals surface area contributed by atoms with Crippen LogP contribution in [-0.4, -0.2) is 46.1 Å². The molecule has 9 nitrogen and oxygen atoms in total. The van der Waals surface area contributed by atoms with Gasteiger partial charge in [-0.3, -0.25) is 9.59 Å². The summed E-state index contributed by atoms with van der Waals surface area (Å²) in [7, 11) is 0. The van der Waals surface area contributed by atoms with Gasteiger partial charge in [-0.1, -0.05) is 13.0 Å². The lowest BCUT2D eigenvalue weighted by molar-refractivity contribution is -0.124. The van der Waals surface area contributed by atoms with E-state index in [9.17, 15) is 23.5 Å². The second-order valence-electron chi connectivity index (χ2n) is 8.02. The molecule has 0 bridgehead atoms. The van der Waals surface area contributed by atoms with Gasteiger partial charge in [-0.25, -0.2) is 18.7 Å². The standard InChI is InChI=1S/C24H23F2N5O4/c1-2-12-7-16(29-24(34)21(32)13-5-14(25)8-15(26)6-13)3-4-18(12)19-9-28-22(27)20(31-19)23(33)30-17-10-35-11-17/h3-9,17,21,32H,2,10-11H2,1H3,(H2,27,28)(H,29,34)(H,30,33)/t21-/m0/s1. The van der Waals surface area contributed by atoms with Crippen LogP contribution >= 0.6 is 0 Å². The summed E-state index contributed by atoms with van der Waals surface area (Å²) in [6.07, 6.45) is 0.229. The van der Waals surface area contributed by atoms with Crippen LogP contribution in [0.1, 0.15) is 34.6 Å². The third kappa shape index (κ3) is 5.42. The normalized spacial score (nSPS) is 14.2. The van der Waals surface area contributed by atoms with Crippen molar-refractivity contribution in [3.05, 3.63) is 71.1 Å². The Hall–Kier alpha value is -3.96. The number of benzene rings is 2. The van der Waals surface area contributed by atoms with Crippen LogP contribution in [-0.2, 0) is 16.0 Å². The van der Waals surface area contributed by atoms with Crippen molar-refractivity contribution < 1.29 is 28.2 Å². The highest BCUT2D eigenvalue weighted by Crippen LogP contribution is 2.27. The number of aryl methyl sites for hydroxylation is 1. The van der Waals surface area contributed by atoms with Gasteiger partial charge in [0.25, 0.3) is 11.8 Å². The molecule has 1 atom stereocenters. The lowest BCUT2D eigenvalue weighted by atomic mass is 10.0. The summed E-state index contributed by atoms with van der Waals surface area (Å²) in [6.45, 7) is 2.74. The molecular formula is C24H23F2N5O4. The highest BCUT2D eigenvalue weighted by molar-refractivity contribution is 5.97. The zero-order valence-corrected chi connectivity index (χ0v) is 18.7. The van der Waals surface area contributed by atoms with E-state index in [0.29, 0.717) is 42.6 Å². The van der Waals surface area contributed by atoms with Crippen LogP contribution in [0.25, 0.3) is 11.3 Å². The zero-order chi connectivity index (χ0) is 25.1. The number of nitrogen functional groups attached to an aromatic ring is 1. The van der Waals surface area contributed by atoms with Crippen molar-refractivity contribution in [3.63, 3.8) is 0 Å². The highest BCUT2D eigenvalue weighted by Gasteiger charge is 2.24.